The van der Waals surface area contributed by atoms with Gasteiger partial charge in [-0.1, -0.05) is 6.92 Å². The average molecular weight is 279 g/mol. The van der Waals surface area contributed by atoms with Crippen molar-refractivity contribution in [1.29, 1.82) is 0 Å². The minimum Gasteiger partial charge on any atom is -0.309 e. The van der Waals surface area contributed by atoms with Crippen molar-refractivity contribution in [3.8, 4) is 0 Å². The normalized spacial score (nSPS) is 12.3. The summed E-state index contributed by atoms with van der Waals surface area (Å²) in [5, 5.41) is 15.0. The van der Waals surface area contributed by atoms with Gasteiger partial charge in [0.05, 0.1) is 5.69 Å². The van der Waals surface area contributed by atoms with Crippen LogP contribution in [0.1, 0.15) is 42.5 Å². The van der Waals surface area contributed by atoms with E-state index in [9.17, 15) is 4.79 Å². The van der Waals surface area contributed by atoms with Crippen molar-refractivity contribution in [1.82, 2.24) is 20.5 Å². The first-order chi connectivity index (χ1) is 9.20. The van der Waals surface area contributed by atoms with Gasteiger partial charge < -0.3 is 5.32 Å². The number of nitrogens with one attached hydrogen (secondary N) is 3. The molecular formula is C12H17N5OS. The van der Waals surface area contributed by atoms with Gasteiger partial charge >= 0.3 is 0 Å². The van der Waals surface area contributed by atoms with E-state index in [0.29, 0.717) is 10.8 Å². The van der Waals surface area contributed by atoms with Crippen LogP contribution in [0.2, 0.25) is 0 Å². The lowest BCUT2D eigenvalue weighted by Gasteiger charge is -2.09. The number of aromatic nitrogens is 3. The molecule has 1 amide bonds. The molecule has 0 radical (unpaired) electrons. The fraction of sp³-hybridized carbons (Fsp3) is 0.417. The van der Waals surface area contributed by atoms with Crippen LogP contribution in [0.25, 0.3) is 0 Å². The second-order valence-electron chi connectivity index (χ2n) is 4.18. The maximum Gasteiger partial charge on any atom is 0.275 e. The topological polar surface area (TPSA) is 82.7 Å². The highest BCUT2D eigenvalue weighted by Crippen LogP contribution is 2.20. The van der Waals surface area contributed by atoms with Crippen LogP contribution in [0.3, 0.4) is 0 Å². The first-order valence-corrected chi connectivity index (χ1v) is 7.08. The lowest BCUT2D eigenvalue weighted by Crippen LogP contribution is -2.19. The summed E-state index contributed by atoms with van der Waals surface area (Å²) in [5.41, 5.74) is 1.37. The molecule has 6 nitrogen and oxygen atoms in total. The van der Waals surface area contributed by atoms with Gasteiger partial charge in [0.2, 0.25) is 0 Å². The Balaban J connectivity index is 1.95. The molecule has 1 unspecified atom stereocenters. The minimum atomic E-state index is -0.229. The summed E-state index contributed by atoms with van der Waals surface area (Å²) in [6.45, 7) is 5.14. The molecule has 2 heterocycles. The Kier molecular flexibility index (Phi) is 4.64. The van der Waals surface area contributed by atoms with Gasteiger partial charge in [0.1, 0.15) is 5.69 Å². The second-order valence-corrected chi connectivity index (χ2v) is 5.04. The highest BCUT2D eigenvalue weighted by molar-refractivity contribution is 7.14. The summed E-state index contributed by atoms with van der Waals surface area (Å²) in [5.74, 6) is -0.229. The molecule has 2 rings (SSSR count). The van der Waals surface area contributed by atoms with Crippen LogP contribution in [0, 0.1) is 0 Å². The number of amides is 1. The number of thiazole rings is 1. The Morgan fingerprint density at radius 3 is 3.11 bits per heavy atom. The van der Waals surface area contributed by atoms with Gasteiger partial charge in [0, 0.05) is 17.6 Å². The van der Waals surface area contributed by atoms with Crippen molar-refractivity contribution >= 4 is 22.4 Å². The Morgan fingerprint density at radius 1 is 1.58 bits per heavy atom. The maximum absolute atomic E-state index is 11.8. The molecule has 0 saturated carbocycles. The van der Waals surface area contributed by atoms with E-state index in [2.05, 4.69) is 39.7 Å². The Morgan fingerprint density at radius 2 is 2.42 bits per heavy atom. The first kappa shape index (κ1) is 13.7. The average Bonchev–Trinajstić information content (AvgIpc) is 3.06. The first-order valence-electron chi connectivity index (χ1n) is 6.20. The van der Waals surface area contributed by atoms with Gasteiger partial charge in [-0.25, -0.2) is 4.98 Å². The summed E-state index contributed by atoms with van der Waals surface area (Å²) in [7, 11) is 0. The number of carbonyl (C=O) groups is 1. The monoisotopic (exact) mass is 279 g/mol. The standard InChI is InChI=1S/C12H17N5OS/c1-3-5-13-8(2)10-7-19-12(15-10)16-11(18)9-4-6-14-17-9/h4,6-8,13H,3,5H2,1-2H3,(H,14,17)(H,15,16,18). The van der Waals surface area contributed by atoms with Gasteiger partial charge in [-0.05, 0) is 26.0 Å². The summed E-state index contributed by atoms with van der Waals surface area (Å²) in [4.78, 5) is 16.2. The third kappa shape index (κ3) is 3.62. The van der Waals surface area contributed by atoms with E-state index in [-0.39, 0.29) is 11.9 Å². The zero-order valence-corrected chi connectivity index (χ0v) is 11.8. The highest BCUT2D eigenvalue weighted by atomic mass is 32.1. The molecule has 0 aliphatic rings. The van der Waals surface area contributed by atoms with Crippen LogP contribution >= 0.6 is 11.3 Å². The van der Waals surface area contributed by atoms with E-state index >= 15 is 0 Å². The number of carbonyl (C=O) groups excluding carboxylic acids is 1. The molecule has 0 aliphatic heterocycles. The van der Waals surface area contributed by atoms with E-state index < -0.39 is 0 Å². The molecule has 7 heteroatoms. The number of rotatable bonds is 6. The molecule has 0 bridgehead atoms. The van der Waals surface area contributed by atoms with Crippen molar-refractivity contribution < 1.29 is 4.79 Å². The zero-order valence-electron chi connectivity index (χ0n) is 10.9. The van der Waals surface area contributed by atoms with Crippen LogP contribution in [-0.4, -0.2) is 27.6 Å². The van der Waals surface area contributed by atoms with Crippen LogP contribution in [0.15, 0.2) is 17.6 Å². The number of H-pyrrole nitrogens is 1. The van der Waals surface area contributed by atoms with Gasteiger partial charge in [0.25, 0.3) is 5.91 Å². The molecule has 0 aliphatic carbocycles. The van der Waals surface area contributed by atoms with Crippen LogP contribution in [0.4, 0.5) is 5.13 Å². The van der Waals surface area contributed by atoms with E-state index in [1.807, 2.05) is 5.38 Å². The molecule has 2 aromatic rings. The molecule has 0 fully saturated rings. The summed E-state index contributed by atoms with van der Waals surface area (Å²) >= 11 is 1.42. The fourth-order valence-electron chi connectivity index (χ4n) is 1.55. The van der Waals surface area contributed by atoms with E-state index in [1.165, 1.54) is 11.3 Å². The van der Waals surface area contributed by atoms with Crippen LogP contribution < -0.4 is 10.6 Å². The molecule has 1 atom stereocenters. The molecule has 102 valence electrons. The van der Waals surface area contributed by atoms with E-state index in [0.717, 1.165) is 18.7 Å². The lowest BCUT2D eigenvalue weighted by atomic mass is 10.2. The highest BCUT2D eigenvalue weighted by Gasteiger charge is 2.12. The second kappa shape index (κ2) is 6.44. The maximum atomic E-state index is 11.8. The predicted molar refractivity (Wildman–Crippen MR) is 75.4 cm³/mol. The quantitative estimate of drug-likeness (QED) is 0.757. The lowest BCUT2D eigenvalue weighted by molar-refractivity contribution is 0.102. The van der Waals surface area contributed by atoms with Crippen molar-refractivity contribution in [3.63, 3.8) is 0 Å². The number of hydrogen-bond donors (Lipinski definition) is 3. The SMILES string of the molecule is CCCNC(C)c1csc(NC(=O)c2ccn[nH]2)n1. The summed E-state index contributed by atoms with van der Waals surface area (Å²) in [6, 6.07) is 1.81. The van der Waals surface area contributed by atoms with Crippen LogP contribution in [0.5, 0.6) is 0 Å². The zero-order chi connectivity index (χ0) is 13.7. The van der Waals surface area contributed by atoms with Crippen molar-refractivity contribution in [3.05, 3.63) is 29.0 Å². The third-order valence-electron chi connectivity index (χ3n) is 2.63. The number of hydrogen-bond acceptors (Lipinski definition) is 5. The Hall–Kier alpha value is -1.73. The van der Waals surface area contributed by atoms with Crippen molar-refractivity contribution in [2.75, 3.05) is 11.9 Å². The van der Waals surface area contributed by atoms with Crippen molar-refractivity contribution in [2.24, 2.45) is 0 Å². The minimum absolute atomic E-state index is 0.189. The third-order valence-corrected chi connectivity index (χ3v) is 3.41. The van der Waals surface area contributed by atoms with Gasteiger partial charge in [0.15, 0.2) is 5.13 Å². The van der Waals surface area contributed by atoms with Gasteiger partial charge in [-0.15, -0.1) is 11.3 Å². The van der Waals surface area contributed by atoms with Crippen LogP contribution in [-0.2, 0) is 0 Å². The molecule has 0 saturated heterocycles. The largest absolute Gasteiger partial charge is 0.309 e. The smallest absolute Gasteiger partial charge is 0.275 e. The summed E-state index contributed by atoms with van der Waals surface area (Å²) in [6.07, 6.45) is 2.62. The van der Waals surface area contributed by atoms with Gasteiger partial charge in [-0.2, -0.15) is 5.10 Å². The molecule has 3 N–H and O–H groups in total. The predicted octanol–water partition coefficient (Wildman–Crippen LogP) is 2.18. The van der Waals surface area contributed by atoms with Crippen molar-refractivity contribution in [2.45, 2.75) is 26.3 Å². The molecule has 0 aromatic carbocycles. The molecule has 19 heavy (non-hydrogen) atoms. The van der Waals surface area contributed by atoms with Gasteiger partial charge in [-0.3, -0.25) is 15.2 Å². The summed E-state index contributed by atoms with van der Waals surface area (Å²) < 4.78 is 0. The number of nitrogens with zero attached hydrogens (tertiary/aromatic N) is 2. The Labute approximate surface area is 115 Å². The van der Waals surface area contributed by atoms with E-state index in [4.69, 9.17) is 0 Å². The molecule has 2 aromatic heterocycles. The van der Waals surface area contributed by atoms with E-state index in [1.54, 1.807) is 12.3 Å². The molecule has 0 spiro atoms. The number of aromatic amines is 1. The Bertz CT molecular complexity index is 522. The number of anilines is 1. The molecular weight excluding hydrogens is 262 g/mol. The fourth-order valence-corrected chi connectivity index (χ4v) is 2.35.